The van der Waals surface area contributed by atoms with Crippen LogP contribution in [0.2, 0.25) is 0 Å². The highest BCUT2D eigenvalue weighted by Crippen LogP contribution is 2.48. The van der Waals surface area contributed by atoms with E-state index in [-0.39, 0.29) is 0 Å². The molecule has 0 amide bonds. The van der Waals surface area contributed by atoms with Crippen molar-refractivity contribution in [1.29, 1.82) is 0 Å². The molecule has 0 aliphatic heterocycles. The van der Waals surface area contributed by atoms with Gasteiger partial charge in [0, 0.05) is 31.5 Å². The zero-order chi connectivity index (χ0) is 39.8. The summed E-state index contributed by atoms with van der Waals surface area (Å²) in [6, 6.07) is 86.1. The SMILES string of the molecule is c1ccc(-c2ccc3cccc(-c4cccc(N(c5ccc(-c6ccccc6-c6ccccc6)cc5)c5cccc6sc7c(-c8ccccc8)cccc7c56)c4)c3c2)cc1. The van der Waals surface area contributed by atoms with Crippen molar-refractivity contribution in [2.75, 3.05) is 4.90 Å². The molecule has 0 saturated heterocycles. The van der Waals surface area contributed by atoms with E-state index < -0.39 is 0 Å². The van der Waals surface area contributed by atoms with Gasteiger partial charge in [-0.1, -0.05) is 194 Å². The molecule has 0 radical (unpaired) electrons. The second-order valence-electron chi connectivity index (χ2n) is 15.3. The van der Waals surface area contributed by atoms with Gasteiger partial charge in [0.1, 0.15) is 0 Å². The molecule has 0 spiro atoms. The van der Waals surface area contributed by atoms with E-state index in [4.69, 9.17) is 0 Å². The van der Waals surface area contributed by atoms with Crippen molar-refractivity contribution in [3.05, 3.63) is 237 Å². The van der Waals surface area contributed by atoms with Crippen molar-refractivity contribution in [2.45, 2.75) is 0 Å². The molecule has 10 aromatic carbocycles. The van der Waals surface area contributed by atoms with Crippen molar-refractivity contribution >= 4 is 59.3 Å². The average Bonchev–Trinajstić information content (AvgIpc) is 3.72. The number of benzene rings is 10. The van der Waals surface area contributed by atoms with Gasteiger partial charge >= 0.3 is 0 Å². The van der Waals surface area contributed by atoms with Gasteiger partial charge in [0.15, 0.2) is 0 Å². The zero-order valence-electron chi connectivity index (χ0n) is 32.9. The molecule has 1 heterocycles. The van der Waals surface area contributed by atoms with E-state index in [1.165, 1.54) is 86.6 Å². The van der Waals surface area contributed by atoms with Crippen LogP contribution >= 0.6 is 11.3 Å². The lowest BCUT2D eigenvalue weighted by Gasteiger charge is -2.27. The number of thiophene rings is 1. The second kappa shape index (κ2) is 15.3. The molecule has 0 aliphatic carbocycles. The first-order chi connectivity index (χ1) is 29.8. The maximum atomic E-state index is 2.46. The van der Waals surface area contributed by atoms with Crippen LogP contribution in [-0.4, -0.2) is 0 Å². The van der Waals surface area contributed by atoms with E-state index in [1.807, 2.05) is 11.3 Å². The molecule has 1 aromatic heterocycles. The lowest BCUT2D eigenvalue weighted by atomic mass is 9.94. The molecule has 0 unspecified atom stereocenters. The summed E-state index contributed by atoms with van der Waals surface area (Å²) in [7, 11) is 0. The van der Waals surface area contributed by atoms with E-state index in [0.717, 1.165) is 17.1 Å². The quantitative estimate of drug-likeness (QED) is 0.148. The number of fused-ring (bicyclic) bond motifs is 4. The van der Waals surface area contributed by atoms with Gasteiger partial charge in [-0.25, -0.2) is 0 Å². The monoisotopic (exact) mass is 781 g/mol. The predicted octanol–water partition coefficient (Wildman–Crippen LogP) is 17.0. The minimum Gasteiger partial charge on any atom is -0.310 e. The van der Waals surface area contributed by atoms with E-state index in [0.29, 0.717) is 0 Å². The Morgan fingerprint density at radius 1 is 0.300 bits per heavy atom. The Labute approximate surface area is 354 Å². The Kier molecular flexibility index (Phi) is 9.11. The Balaban J connectivity index is 1.10. The highest BCUT2D eigenvalue weighted by Gasteiger charge is 2.21. The Morgan fingerprint density at radius 3 is 1.58 bits per heavy atom. The first kappa shape index (κ1) is 35.6. The third-order valence-electron chi connectivity index (χ3n) is 11.7. The van der Waals surface area contributed by atoms with Crippen LogP contribution in [0, 0.1) is 0 Å². The molecule has 11 rings (SSSR count). The first-order valence-electron chi connectivity index (χ1n) is 20.5. The highest BCUT2D eigenvalue weighted by atomic mass is 32.1. The van der Waals surface area contributed by atoms with Crippen molar-refractivity contribution in [3.8, 4) is 55.6 Å². The van der Waals surface area contributed by atoms with Gasteiger partial charge in [-0.15, -0.1) is 11.3 Å². The van der Waals surface area contributed by atoms with Crippen molar-refractivity contribution in [1.82, 2.24) is 0 Å². The fourth-order valence-electron chi connectivity index (χ4n) is 8.83. The van der Waals surface area contributed by atoms with Crippen LogP contribution in [0.4, 0.5) is 17.1 Å². The Morgan fingerprint density at radius 2 is 0.850 bits per heavy atom. The number of anilines is 3. The van der Waals surface area contributed by atoms with Crippen LogP contribution in [0.3, 0.4) is 0 Å². The lowest BCUT2D eigenvalue weighted by molar-refractivity contribution is 1.30. The molecule has 0 N–H and O–H groups in total. The van der Waals surface area contributed by atoms with Gasteiger partial charge in [-0.05, 0) is 109 Å². The van der Waals surface area contributed by atoms with Crippen LogP contribution in [0.1, 0.15) is 0 Å². The zero-order valence-corrected chi connectivity index (χ0v) is 33.7. The minimum atomic E-state index is 1.10. The number of rotatable bonds is 8. The lowest BCUT2D eigenvalue weighted by Crippen LogP contribution is -2.10. The molecule has 11 aromatic rings. The topological polar surface area (TPSA) is 3.24 Å². The molecule has 0 saturated carbocycles. The summed E-state index contributed by atoms with van der Waals surface area (Å²) in [4.78, 5) is 2.46. The van der Waals surface area contributed by atoms with Crippen LogP contribution in [0.15, 0.2) is 237 Å². The standard InChI is InChI=1S/C58H39NS/c1-4-16-40(17-5-1)45-33-32-43-22-13-27-51(54(43)39-45)46-23-12-24-48(38-46)59(47-36-34-44(35-37-47)50-26-11-10-25-49(50)41-18-6-2-7-19-41)55-30-15-31-56-57(55)53-29-14-28-52(58(53)60-56)42-20-8-3-9-21-42/h1-39H. The Bertz CT molecular complexity index is 3290. The second-order valence-corrected chi connectivity index (χ2v) is 16.3. The van der Waals surface area contributed by atoms with E-state index in [2.05, 4.69) is 241 Å². The number of hydrogen-bond donors (Lipinski definition) is 0. The third kappa shape index (κ3) is 6.44. The molecule has 0 aliphatic rings. The third-order valence-corrected chi connectivity index (χ3v) is 12.9. The molecule has 60 heavy (non-hydrogen) atoms. The minimum absolute atomic E-state index is 1.10. The van der Waals surface area contributed by atoms with Crippen molar-refractivity contribution in [2.24, 2.45) is 0 Å². The highest BCUT2D eigenvalue weighted by molar-refractivity contribution is 7.26. The average molecular weight is 782 g/mol. The molecule has 2 heteroatoms. The number of hydrogen-bond acceptors (Lipinski definition) is 2. The van der Waals surface area contributed by atoms with Gasteiger partial charge in [0.05, 0.1) is 5.69 Å². The summed E-state index contributed by atoms with van der Waals surface area (Å²) in [5.41, 5.74) is 15.5. The smallest absolute Gasteiger partial charge is 0.0554 e. The molecule has 1 nitrogen and oxygen atoms in total. The molecule has 0 fully saturated rings. The number of nitrogens with zero attached hydrogens (tertiary/aromatic N) is 1. The first-order valence-corrected chi connectivity index (χ1v) is 21.3. The van der Waals surface area contributed by atoms with Crippen LogP contribution in [-0.2, 0) is 0 Å². The van der Waals surface area contributed by atoms with Crippen LogP contribution < -0.4 is 4.90 Å². The summed E-state index contributed by atoms with van der Waals surface area (Å²) in [5, 5.41) is 4.99. The van der Waals surface area contributed by atoms with Gasteiger partial charge < -0.3 is 4.90 Å². The van der Waals surface area contributed by atoms with Crippen molar-refractivity contribution in [3.63, 3.8) is 0 Å². The molecule has 282 valence electrons. The van der Waals surface area contributed by atoms with Gasteiger partial charge in [-0.3, -0.25) is 0 Å². The summed E-state index contributed by atoms with van der Waals surface area (Å²) in [6.45, 7) is 0. The summed E-state index contributed by atoms with van der Waals surface area (Å²) < 4.78 is 2.57. The molecule has 0 bridgehead atoms. The maximum Gasteiger partial charge on any atom is 0.0554 e. The predicted molar refractivity (Wildman–Crippen MR) is 259 cm³/mol. The van der Waals surface area contributed by atoms with Gasteiger partial charge in [-0.2, -0.15) is 0 Å². The van der Waals surface area contributed by atoms with E-state index >= 15 is 0 Å². The Hall–Kier alpha value is -7.52. The summed E-state index contributed by atoms with van der Waals surface area (Å²) >= 11 is 1.88. The van der Waals surface area contributed by atoms with Crippen LogP contribution in [0.25, 0.3) is 86.6 Å². The van der Waals surface area contributed by atoms with Gasteiger partial charge in [0.2, 0.25) is 0 Å². The molecule has 0 atom stereocenters. The van der Waals surface area contributed by atoms with Gasteiger partial charge in [0.25, 0.3) is 0 Å². The molecular weight excluding hydrogens is 743 g/mol. The normalized spacial score (nSPS) is 11.3. The van der Waals surface area contributed by atoms with Crippen LogP contribution in [0.5, 0.6) is 0 Å². The fourth-order valence-corrected chi connectivity index (χ4v) is 10.1. The fraction of sp³-hybridized carbons (Fsp3) is 0. The largest absolute Gasteiger partial charge is 0.310 e. The van der Waals surface area contributed by atoms with E-state index in [9.17, 15) is 0 Å². The summed E-state index contributed by atoms with van der Waals surface area (Å²) in [5.74, 6) is 0. The summed E-state index contributed by atoms with van der Waals surface area (Å²) in [6.07, 6.45) is 0. The molecular formula is C58H39NS. The maximum absolute atomic E-state index is 2.46. The van der Waals surface area contributed by atoms with E-state index in [1.54, 1.807) is 0 Å². The van der Waals surface area contributed by atoms with Crippen molar-refractivity contribution < 1.29 is 0 Å².